The highest BCUT2D eigenvalue weighted by Crippen LogP contribution is 2.36. The van der Waals surface area contributed by atoms with Crippen molar-refractivity contribution in [1.29, 1.82) is 0 Å². The lowest BCUT2D eigenvalue weighted by atomic mass is 9.76. The van der Waals surface area contributed by atoms with E-state index in [2.05, 4.69) is 44.4 Å². The monoisotopic (exact) mass is 280 g/mol. The zero-order valence-corrected chi connectivity index (χ0v) is 14.5. The van der Waals surface area contributed by atoms with Crippen LogP contribution < -0.4 is 0 Å². The van der Waals surface area contributed by atoms with Crippen molar-refractivity contribution >= 4 is 0 Å². The third-order valence-electron chi connectivity index (χ3n) is 5.60. The average Bonchev–Trinajstić information content (AvgIpc) is 2.25. The maximum absolute atomic E-state index is 2.75. The first-order valence-corrected chi connectivity index (χ1v) is 8.83. The van der Waals surface area contributed by atoms with Crippen molar-refractivity contribution in [3.63, 3.8) is 0 Å². The van der Waals surface area contributed by atoms with Gasteiger partial charge in [-0.05, 0) is 44.9 Å². The van der Waals surface area contributed by atoms with Crippen LogP contribution in [-0.2, 0) is 0 Å². The molecule has 0 aromatic carbocycles. The Labute approximate surface area is 126 Å². The van der Waals surface area contributed by atoms with E-state index in [0.29, 0.717) is 11.0 Å². The second-order valence-corrected chi connectivity index (χ2v) is 8.51. The lowest BCUT2D eigenvalue weighted by Gasteiger charge is -2.49. The minimum absolute atomic E-state index is 0.352. The van der Waals surface area contributed by atoms with Crippen molar-refractivity contribution < 1.29 is 0 Å². The Balaban J connectivity index is 1.84. The number of piperazine rings is 1. The molecule has 0 aromatic heterocycles. The first-order chi connectivity index (χ1) is 9.34. The molecule has 0 unspecified atom stereocenters. The molecule has 0 radical (unpaired) electrons. The molecule has 0 spiro atoms. The molecule has 0 atom stereocenters. The summed E-state index contributed by atoms with van der Waals surface area (Å²) in [5.74, 6) is 0. The van der Waals surface area contributed by atoms with Gasteiger partial charge in [0.05, 0.1) is 0 Å². The van der Waals surface area contributed by atoms with E-state index in [9.17, 15) is 0 Å². The molecule has 20 heavy (non-hydrogen) atoms. The van der Waals surface area contributed by atoms with Crippen molar-refractivity contribution in [1.82, 2.24) is 9.80 Å². The largest absolute Gasteiger partial charge is 0.298 e. The predicted octanol–water partition coefficient (Wildman–Crippen LogP) is 4.15. The summed E-state index contributed by atoms with van der Waals surface area (Å²) >= 11 is 0. The average molecular weight is 280 g/mol. The van der Waals surface area contributed by atoms with E-state index in [4.69, 9.17) is 0 Å². The van der Waals surface area contributed by atoms with Gasteiger partial charge in [-0.2, -0.15) is 0 Å². The molecule has 1 aliphatic heterocycles. The Morgan fingerprint density at radius 2 is 1.55 bits per heavy atom. The van der Waals surface area contributed by atoms with E-state index >= 15 is 0 Å². The van der Waals surface area contributed by atoms with Gasteiger partial charge in [-0.1, -0.05) is 33.6 Å². The molecular formula is C18H36N2. The zero-order chi connectivity index (χ0) is 14.8. The van der Waals surface area contributed by atoms with Crippen molar-refractivity contribution in [3.05, 3.63) is 0 Å². The van der Waals surface area contributed by atoms with Crippen molar-refractivity contribution in [2.75, 3.05) is 26.2 Å². The van der Waals surface area contributed by atoms with E-state index in [-0.39, 0.29) is 0 Å². The maximum atomic E-state index is 2.75. The number of rotatable bonds is 6. The first kappa shape index (κ1) is 16.3. The van der Waals surface area contributed by atoms with Gasteiger partial charge in [0.25, 0.3) is 0 Å². The number of hydrogen-bond donors (Lipinski definition) is 0. The SMILES string of the molecule is CCCC(C)(C)CC(C)(C)N1CCN(C2CCC2)CC1. The summed E-state index contributed by atoms with van der Waals surface area (Å²) in [6.45, 7) is 17.3. The third kappa shape index (κ3) is 3.98. The molecule has 0 N–H and O–H groups in total. The zero-order valence-electron chi connectivity index (χ0n) is 14.5. The van der Waals surface area contributed by atoms with Gasteiger partial charge in [0, 0.05) is 37.8 Å². The molecule has 2 rings (SSSR count). The second-order valence-electron chi connectivity index (χ2n) is 8.51. The molecule has 1 saturated carbocycles. The summed E-state index contributed by atoms with van der Waals surface area (Å²) in [6, 6.07) is 0.928. The molecule has 2 aliphatic rings. The second kappa shape index (κ2) is 6.36. The Morgan fingerprint density at radius 3 is 2.00 bits per heavy atom. The number of hydrogen-bond acceptors (Lipinski definition) is 2. The first-order valence-electron chi connectivity index (χ1n) is 8.83. The molecule has 0 aromatic rings. The summed E-state index contributed by atoms with van der Waals surface area (Å²) in [6.07, 6.45) is 8.33. The highest BCUT2D eigenvalue weighted by Gasteiger charge is 2.36. The molecule has 2 fully saturated rings. The standard InChI is InChI=1S/C18H36N2/c1-6-10-17(2,3)15-18(4,5)20-13-11-19(12-14-20)16-8-7-9-16/h16H,6-15H2,1-5H3. The van der Waals surface area contributed by atoms with Crippen LogP contribution in [0, 0.1) is 5.41 Å². The van der Waals surface area contributed by atoms with Gasteiger partial charge in [0.1, 0.15) is 0 Å². The molecule has 2 nitrogen and oxygen atoms in total. The smallest absolute Gasteiger partial charge is 0.0159 e. The van der Waals surface area contributed by atoms with Crippen LogP contribution in [0.4, 0.5) is 0 Å². The third-order valence-corrected chi connectivity index (χ3v) is 5.60. The number of nitrogens with zero attached hydrogens (tertiary/aromatic N) is 2. The highest BCUT2D eigenvalue weighted by atomic mass is 15.3. The van der Waals surface area contributed by atoms with Gasteiger partial charge in [0.2, 0.25) is 0 Å². The van der Waals surface area contributed by atoms with Crippen LogP contribution in [0.2, 0.25) is 0 Å². The van der Waals surface area contributed by atoms with Gasteiger partial charge in [-0.3, -0.25) is 9.80 Å². The molecule has 0 bridgehead atoms. The van der Waals surface area contributed by atoms with Crippen LogP contribution in [0.5, 0.6) is 0 Å². The minimum Gasteiger partial charge on any atom is -0.298 e. The normalized spacial score (nSPS) is 23.9. The molecule has 1 saturated heterocycles. The van der Waals surface area contributed by atoms with Crippen LogP contribution in [0.25, 0.3) is 0 Å². The van der Waals surface area contributed by atoms with Crippen LogP contribution in [0.15, 0.2) is 0 Å². The fraction of sp³-hybridized carbons (Fsp3) is 1.00. The molecule has 118 valence electrons. The quantitative estimate of drug-likeness (QED) is 0.721. The van der Waals surface area contributed by atoms with Crippen LogP contribution in [-0.4, -0.2) is 47.6 Å². The lowest BCUT2D eigenvalue weighted by Crippen LogP contribution is -2.58. The summed E-state index contributed by atoms with van der Waals surface area (Å²) < 4.78 is 0. The Bertz CT molecular complexity index is 297. The van der Waals surface area contributed by atoms with Crippen molar-refractivity contribution in [2.45, 2.75) is 84.7 Å². The Kier molecular flexibility index (Phi) is 5.18. The molecular weight excluding hydrogens is 244 g/mol. The van der Waals surface area contributed by atoms with E-state index in [1.807, 2.05) is 0 Å². The van der Waals surface area contributed by atoms with Crippen LogP contribution >= 0.6 is 0 Å². The van der Waals surface area contributed by atoms with Gasteiger partial charge < -0.3 is 0 Å². The highest BCUT2D eigenvalue weighted by molar-refractivity contribution is 4.92. The van der Waals surface area contributed by atoms with E-state index in [1.165, 1.54) is 64.7 Å². The van der Waals surface area contributed by atoms with E-state index < -0.39 is 0 Å². The summed E-state index contributed by atoms with van der Waals surface area (Å²) in [5, 5.41) is 0. The summed E-state index contributed by atoms with van der Waals surface area (Å²) in [4.78, 5) is 5.49. The lowest BCUT2D eigenvalue weighted by molar-refractivity contribution is -0.00159. The van der Waals surface area contributed by atoms with Crippen LogP contribution in [0.3, 0.4) is 0 Å². The predicted molar refractivity (Wildman–Crippen MR) is 88.2 cm³/mol. The van der Waals surface area contributed by atoms with Gasteiger partial charge in [0.15, 0.2) is 0 Å². The topological polar surface area (TPSA) is 6.48 Å². The van der Waals surface area contributed by atoms with Crippen molar-refractivity contribution in [3.8, 4) is 0 Å². The fourth-order valence-corrected chi connectivity index (χ4v) is 4.49. The van der Waals surface area contributed by atoms with Crippen molar-refractivity contribution in [2.24, 2.45) is 5.41 Å². The van der Waals surface area contributed by atoms with E-state index in [1.54, 1.807) is 0 Å². The maximum Gasteiger partial charge on any atom is 0.0159 e. The molecule has 2 heteroatoms. The molecule has 1 aliphatic carbocycles. The Morgan fingerprint density at radius 1 is 0.950 bits per heavy atom. The fourth-order valence-electron chi connectivity index (χ4n) is 4.49. The van der Waals surface area contributed by atoms with Gasteiger partial charge in [-0.15, -0.1) is 0 Å². The summed E-state index contributed by atoms with van der Waals surface area (Å²) in [7, 11) is 0. The van der Waals surface area contributed by atoms with E-state index in [0.717, 1.165) is 6.04 Å². The van der Waals surface area contributed by atoms with Gasteiger partial charge in [-0.25, -0.2) is 0 Å². The minimum atomic E-state index is 0.352. The molecule has 0 amide bonds. The summed E-state index contributed by atoms with van der Waals surface area (Å²) in [5.41, 5.74) is 0.827. The van der Waals surface area contributed by atoms with Crippen LogP contribution in [0.1, 0.15) is 73.1 Å². The Hall–Kier alpha value is -0.0800. The van der Waals surface area contributed by atoms with Gasteiger partial charge >= 0.3 is 0 Å². The molecule has 1 heterocycles.